The van der Waals surface area contributed by atoms with Crippen LogP contribution < -0.4 is 10.5 Å². The van der Waals surface area contributed by atoms with E-state index in [1.54, 1.807) is 43.5 Å². The minimum Gasteiger partial charge on any atom is -0.305 e. The second-order valence-electron chi connectivity index (χ2n) is 12.5. The van der Waals surface area contributed by atoms with Crippen molar-refractivity contribution in [3.63, 3.8) is 0 Å². The van der Waals surface area contributed by atoms with Gasteiger partial charge < -0.3 is 4.90 Å². The van der Waals surface area contributed by atoms with Gasteiger partial charge in [-0.15, -0.1) is 0 Å². The van der Waals surface area contributed by atoms with Gasteiger partial charge in [0.1, 0.15) is 4.90 Å². The molecule has 0 unspecified atom stereocenters. The lowest BCUT2D eigenvalue weighted by Crippen LogP contribution is -2.43. The second kappa shape index (κ2) is 15.0. The molecule has 9 nitrogen and oxygen atoms in total. The van der Waals surface area contributed by atoms with Crippen molar-refractivity contribution in [3.8, 4) is 0 Å². The van der Waals surface area contributed by atoms with Gasteiger partial charge in [-0.1, -0.05) is 49.6 Å². The van der Waals surface area contributed by atoms with Crippen LogP contribution in [-0.2, 0) is 27.9 Å². The summed E-state index contributed by atoms with van der Waals surface area (Å²) in [6.07, 6.45) is 8.73. The molecule has 1 saturated carbocycles. The molecular formula is C36H32BrF4N5O4S. The first-order valence-electron chi connectivity index (χ1n) is 16.2. The fourth-order valence-corrected chi connectivity index (χ4v) is 8.77. The summed E-state index contributed by atoms with van der Waals surface area (Å²) in [5, 5.41) is 6.86. The van der Waals surface area contributed by atoms with Crippen LogP contribution in [-0.4, -0.2) is 40.4 Å². The average Bonchev–Trinajstić information content (AvgIpc) is 3.13. The maximum atomic E-state index is 15.2. The molecule has 0 radical (unpaired) electrons. The van der Waals surface area contributed by atoms with E-state index >= 15 is 4.39 Å². The Labute approximate surface area is 299 Å². The first-order chi connectivity index (χ1) is 24.4. The molecule has 266 valence electrons. The molecule has 6 rings (SSSR count). The number of amides is 1. The normalized spacial score (nSPS) is 13.9. The molecule has 1 aliphatic carbocycles. The predicted octanol–water partition coefficient (Wildman–Crippen LogP) is 7.42. The van der Waals surface area contributed by atoms with Gasteiger partial charge in [0.25, 0.3) is 5.56 Å². The van der Waals surface area contributed by atoms with Crippen LogP contribution in [0.25, 0.3) is 10.8 Å². The number of nitrogens with zero attached hydrogens (tertiary/aromatic N) is 4. The van der Waals surface area contributed by atoms with Crippen LogP contribution in [0.5, 0.6) is 0 Å². The van der Waals surface area contributed by atoms with Crippen LogP contribution >= 0.6 is 15.9 Å². The number of sulfonamides is 1. The average molecular weight is 787 g/mol. The molecule has 2 aromatic heterocycles. The third-order valence-corrected chi connectivity index (χ3v) is 12.0. The van der Waals surface area contributed by atoms with Crippen molar-refractivity contribution >= 4 is 48.3 Å². The summed E-state index contributed by atoms with van der Waals surface area (Å²) in [4.78, 5) is 31.1. The van der Waals surface area contributed by atoms with E-state index in [1.807, 2.05) is 6.07 Å². The summed E-state index contributed by atoms with van der Waals surface area (Å²) in [5.41, 5.74) is 2.38. The van der Waals surface area contributed by atoms with Gasteiger partial charge in [0.05, 0.1) is 34.8 Å². The topological polar surface area (TPSA) is 116 Å². The van der Waals surface area contributed by atoms with Gasteiger partial charge in [-0.25, -0.2) is 31.1 Å². The summed E-state index contributed by atoms with van der Waals surface area (Å²) in [6, 6.07) is 14.9. The lowest BCUT2D eigenvalue weighted by molar-refractivity contribution is -0.119. The molecule has 1 N–H and O–H groups in total. The Bertz CT molecular complexity index is 2250. The van der Waals surface area contributed by atoms with Gasteiger partial charge in [-0.3, -0.25) is 14.6 Å². The van der Waals surface area contributed by atoms with Crippen LogP contribution in [0.4, 0.5) is 23.2 Å². The number of aromatic nitrogens is 3. The van der Waals surface area contributed by atoms with Gasteiger partial charge in [0.15, 0.2) is 23.3 Å². The van der Waals surface area contributed by atoms with Crippen molar-refractivity contribution in [2.24, 2.45) is 0 Å². The largest absolute Gasteiger partial charge is 0.305 e. The van der Waals surface area contributed by atoms with Crippen LogP contribution in [0.2, 0.25) is 0 Å². The van der Waals surface area contributed by atoms with Gasteiger partial charge in [-0.2, -0.15) is 9.40 Å². The third-order valence-electron chi connectivity index (χ3n) is 9.19. The Morgan fingerprint density at radius 1 is 0.922 bits per heavy atom. The monoisotopic (exact) mass is 785 g/mol. The Morgan fingerprint density at radius 2 is 1.65 bits per heavy atom. The summed E-state index contributed by atoms with van der Waals surface area (Å²) in [5.74, 6) is -9.04. The minimum absolute atomic E-state index is 0.137. The number of carbonyl (C=O) groups is 1. The number of halogens is 5. The van der Waals surface area contributed by atoms with E-state index in [0.29, 0.717) is 37.8 Å². The number of aromatic amines is 1. The van der Waals surface area contributed by atoms with Crippen molar-refractivity contribution in [3.05, 3.63) is 127 Å². The fraction of sp³-hybridized carbons (Fsp3) is 0.278. The number of nitrogens with one attached hydrogen (secondary N) is 1. The lowest BCUT2D eigenvalue weighted by atomic mass is 9.85. The van der Waals surface area contributed by atoms with Gasteiger partial charge in [0, 0.05) is 23.8 Å². The molecule has 3 aromatic carbocycles. The van der Waals surface area contributed by atoms with Crippen LogP contribution in [0.15, 0.2) is 81.2 Å². The summed E-state index contributed by atoms with van der Waals surface area (Å²) in [6.45, 7) is 0.110. The fourth-order valence-electron chi connectivity index (χ4n) is 6.32. The van der Waals surface area contributed by atoms with Gasteiger partial charge >= 0.3 is 0 Å². The SMILES string of the molecule is Cc1ccccc1CN(CC(=O)N(Cc1ccc(C2CCCCC2)cn1)c1ccc2c(=O)[nH]ncc2c1)S(=O)(=O)c1c(F)c(F)c(F)c(F)c1Br. The van der Waals surface area contributed by atoms with Crippen molar-refractivity contribution in [1.82, 2.24) is 19.5 Å². The number of aryl methyl sites for hydroxylation is 1. The molecule has 0 bridgehead atoms. The smallest absolute Gasteiger partial charge is 0.272 e. The van der Waals surface area contributed by atoms with Crippen LogP contribution in [0.3, 0.4) is 0 Å². The molecule has 0 saturated heterocycles. The van der Waals surface area contributed by atoms with Crippen molar-refractivity contribution in [1.29, 1.82) is 0 Å². The predicted molar refractivity (Wildman–Crippen MR) is 186 cm³/mol. The molecule has 5 aromatic rings. The molecule has 1 aliphatic rings. The number of fused-ring (bicyclic) bond motifs is 1. The van der Waals surface area contributed by atoms with E-state index in [-0.39, 0.29) is 12.2 Å². The summed E-state index contributed by atoms with van der Waals surface area (Å²) < 4.78 is 86.1. The van der Waals surface area contributed by atoms with E-state index in [2.05, 4.69) is 31.1 Å². The van der Waals surface area contributed by atoms with Crippen molar-refractivity contribution in [2.45, 2.75) is 62.9 Å². The first-order valence-corrected chi connectivity index (χ1v) is 18.4. The highest BCUT2D eigenvalue weighted by molar-refractivity contribution is 9.10. The quantitative estimate of drug-likeness (QED) is 0.0896. The first kappa shape index (κ1) is 36.3. The molecule has 1 amide bonds. The number of hydrogen-bond donors (Lipinski definition) is 1. The van der Waals surface area contributed by atoms with Crippen LogP contribution in [0, 0.1) is 30.2 Å². The number of pyridine rings is 1. The number of H-pyrrole nitrogens is 1. The van der Waals surface area contributed by atoms with Crippen molar-refractivity contribution < 1.29 is 30.8 Å². The Kier molecular flexibility index (Phi) is 10.7. The maximum Gasteiger partial charge on any atom is 0.272 e. The van der Waals surface area contributed by atoms with Crippen LogP contribution in [0.1, 0.15) is 60.4 Å². The standard InChI is InChI=1S/C36H32BrF4N5O4S/c1-21-7-5-6-10-24(21)18-45(51(49,50)35-30(37)31(38)32(39)33(40)34(35)41)20-29(47)46(27-13-14-28-25(15-27)17-43-44-36(28)48)19-26-12-11-23(16-42-26)22-8-3-2-4-9-22/h5-7,10-17,22H,2-4,8-9,18-20H2,1H3,(H,44,48). The zero-order valence-electron chi connectivity index (χ0n) is 27.3. The second-order valence-corrected chi connectivity index (χ2v) is 15.1. The molecule has 0 spiro atoms. The molecule has 2 heterocycles. The van der Waals surface area contributed by atoms with E-state index in [9.17, 15) is 31.2 Å². The summed E-state index contributed by atoms with van der Waals surface area (Å²) >= 11 is 2.59. The number of carbonyl (C=O) groups excluding carboxylic acids is 1. The Morgan fingerprint density at radius 3 is 2.35 bits per heavy atom. The highest BCUT2D eigenvalue weighted by Crippen LogP contribution is 2.35. The Balaban J connectivity index is 1.42. The maximum absolute atomic E-state index is 15.2. The minimum atomic E-state index is -5.23. The molecule has 15 heteroatoms. The zero-order valence-corrected chi connectivity index (χ0v) is 29.7. The highest BCUT2D eigenvalue weighted by atomic mass is 79.9. The molecule has 0 aliphatic heterocycles. The lowest BCUT2D eigenvalue weighted by Gasteiger charge is -2.28. The van der Waals surface area contributed by atoms with E-state index < -0.39 is 67.2 Å². The number of benzene rings is 3. The third kappa shape index (κ3) is 7.46. The number of rotatable bonds is 10. The number of anilines is 1. The molecule has 51 heavy (non-hydrogen) atoms. The highest BCUT2D eigenvalue weighted by Gasteiger charge is 2.38. The molecule has 0 atom stereocenters. The molecule has 1 fully saturated rings. The number of hydrogen-bond acceptors (Lipinski definition) is 6. The van der Waals surface area contributed by atoms with Gasteiger partial charge in [0.2, 0.25) is 15.9 Å². The van der Waals surface area contributed by atoms with E-state index in [1.165, 1.54) is 35.7 Å². The van der Waals surface area contributed by atoms with E-state index in [0.717, 1.165) is 31.2 Å². The van der Waals surface area contributed by atoms with Gasteiger partial charge in [-0.05, 0) is 82.6 Å². The summed E-state index contributed by atoms with van der Waals surface area (Å²) in [7, 11) is -5.23. The zero-order chi connectivity index (χ0) is 36.4. The van der Waals surface area contributed by atoms with Crippen molar-refractivity contribution in [2.75, 3.05) is 11.4 Å². The Hall–Kier alpha value is -4.47. The van der Waals surface area contributed by atoms with E-state index in [4.69, 9.17) is 0 Å². The molecular weight excluding hydrogens is 754 g/mol.